The molecule has 0 aliphatic rings. The molecule has 0 aromatic heterocycles. The van der Waals surface area contributed by atoms with E-state index in [1.165, 1.54) is 7.11 Å². The van der Waals surface area contributed by atoms with E-state index in [1.807, 2.05) is 50.2 Å². The summed E-state index contributed by atoms with van der Waals surface area (Å²) in [5.74, 6) is 0.612. The van der Waals surface area contributed by atoms with E-state index < -0.39 is 10.0 Å². The van der Waals surface area contributed by atoms with Crippen LogP contribution in [0.1, 0.15) is 30.9 Å². The van der Waals surface area contributed by atoms with E-state index >= 15 is 0 Å². The summed E-state index contributed by atoms with van der Waals surface area (Å²) in [6.45, 7) is 4.41. The molecule has 0 aliphatic heterocycles. The quantitative estimate of drug-likeness (QED) is 0.845. The van der Waals surface area contributed by atoms with Crippen LogP contribution in [0.2, 0.25) is 0 Å². The molecule has 0 saturated heterocycles. The fourth-order valence-corrected chi connectivity index (χ4v) is 3.55. The lowest BCUT2D eigenvalue weighted by Crippen LogP contribution is -2.26. The van der Waals surface area contributed by atoms with Gasteiger partial charge in [-0.05, 0) is 35.6 Å². The first kappa shape index (κ1) is 17.5. The van der Waals surface area contributed by atoms with E-state index in [1.54, 1.807) is 12.1 Å². The number of hydrogen-bond acceptors (Lipinski definition) is 3. The first-order valence-corrected chi connectivity index (χ1v) is 9.14. The second kappa shape index (κ2) is 7.62. The van der Waals surface area contributed by atoms with Gasteiger partial charge in [0.25, 0.3) is 0 Å². The van der Waals surface area contributed by atoms with Crippen LogP contribution in [0.4, 0.5) is 0 Å². The number of hydrogen-bond donors (Lipinski definition) is 1. The lowest BCUT2D eigenvalue weighted by Gasteiger charge is -2.14. The highest BCUT2D eigenvalue weighted by Crippen LogP contribution is 2.27. The first-order chi connectivity index (χ1) is 10.9. The van der Waals surface area contributed by atoms with Crippen molar-refractivity contribution in [2.45, 2.75) is 31.1 Å². The summed E-state index contributed by atoms with van der Waals surface area (Å²) in [6.07, 6.45) is 0.645. The van der Waals surface area contributed by atoms with Gasteiger partial charge in [0.2, 0.25) is 10.0 Å². The van der Waals surface area contributed by atoms with Crippen LogP contribution in [-0.4, -0.2) is 22.1 Å². The maximum absolute atomic E-state index is 12.6. The van der Waals surface area contributed by atoms with Crippen LogP contribution in [0.25, 0.3) is 0 Å². The van der Waals surface area contributed by atoms with Gasteiger partial charge in [-0.3, -0.25) is 0 Å². The highest BCUT2D eigenvalue weighted by Gasteiger charge is 2.20. The third-order valence-corrected chi connectivity index (χ3v) is 5.17. The molecule has 0 unspecified atom stereocenters. The van der Waals surface area contributed by atoms with Gasteiger partial charge >= 0.3 is 0 Å². The number of rotatable bonds is 7. The molecule has 0 radical (unpaired) electrons. The summed E-state index contributed by atoms with van der Waals surface area (Å²) in [5.41, 5.74) is 2.06. The molecule has 0 saturated carbocycles. The van der Waals surface area contributed by atoms with Crippen molar-refractivity contribution in [3.05, 3.63) is 59.7 Å². The van der Waals surface area contributed by atoms with E-state index in [-0.39, 0.29) is 10.8 Å². The van der Waals surface area contributed by atoms with Gasteiger partial charge in [0.05, 0.1) is 7.11 Å². The minimum Gasteiger partial charge on any atom is -0.495 e. The Hall–Kier alpha value is -1.85. The molecule has 124 valence electrons. The van der Waals surface area contributed by atoms with Crippen LogP contribution < -0.4 is 9.46 Å². The second-order valence-electron chi connectivity index (χ2n) is 5.70. The molecule has 0 fully saturated rings. The molecule has 0 spiro atoms. The minimum atomic E-state index is -3.60. The fraction of sp³-hybridized carbons (Fsp3) is 0.333. The maximum atomic E-state index is 12.6. The summed E-state index contributed by atoms with van der Waals surface area (Å²) in [4.78, 5) is 0.194. The molecule has 2 aromatic rings. The highest BCUT2D eigenvalue weighted by atomic mass is 32.2. The Balaban J connectivity index is 2.16. The molecule has 23 heavy (non-hydrogen) atoms. The number of benzene rings is 2. The van der Waals surface area contributed by atoms with Gasteiger partial charge in [0, 0.05) is 6.54 Å². The summed E-state index contributed by atoms with van der Waals surface area (Å²) in [6, 6.07) is 15.1. The van der Waals surface area contributed by atoms with Crippen molar-refractivity contribution in [3.8, 4) is 5.75 Å². The Morgan fingerprint density at radius 2 is 1.78 bits per heavy atom. The van der Waals surface area contributed by atoms with Gasteiger partial charge in [0.1, 0.15) is 10.6 Å². The topological polar surface area (TPSA) is 55.4 Å². The van der Waals surface area contributed by atoms with E-state index in [2.05, 4.69) is 4.72 Å². The van der Waals surface area contributed by atoms with Crippen molar-refractivity contribution in [1.82, 2.24) is 4.72 Å². The van der Waals surface area contributed by atoms with Crippen LogP contribution in [-0.2, 0) is 16.4 Å². The minimum absolute atomic E-state index is 0.194. The van der Waals surface area contributed by atoms with Crippen LogP contribution in [0.3, 0.4) is 0 Å². The van der Waals surface area contributed by atoms with Crippen molar-refractivity contribution in [2.24, 2.45) is 0 Å². The molecule has 0 heterocycles. The van der Waals surface area contributed by atoms with Gasteiger partial charge in [-0.2, -0.15) is 0 Å². The lowest BCUT2D eigenvalue weighted by molar-refractivity contribution is 0.402. The van der Waals surface area contributed by atoms with E-state index in [9.17, 15) is 8.42 Å². The van der Waals surface area contributed by atoms with Crippen molar-refractivity contribution < 1.29 is 13.2 Å². The van der Waals surface area contributed by atoms with Gasteiger partial charge in [-0.1, -0.05) is 50.2 Å². The van der Waals surface area contributed by atoms with Crippen LogP contribution >= 0.6 is 0 Å². The molecule has 1 N–H and O–H groups in total. The maximum Gasteiger partial charge on any atom is 0.244 e. The van der Waals surface area contributed by atoms with Crippen LogP contribution in [0.5, 0.6) is 5.75 Å². The molecule has 2 rings (SSSR count). The number of nitrogens with one attached hydrogen (secondary N) is 1. The van der Waals surface area contributed by atoms with Crippen molar-refractivity contribution in [1.29, 1.82) is 0 Å². The first-order valence-electron chi connectivity index (χ1n) is 7.65. The van der Waals surface area contributed by atoms with Gasteiger partial charge in [-0.15, -0.1) is 0 Å². The fourth-order valence-electron chi connectivity index (χ4n) is 2.31. The molecule has 5 heteroatoms. The van der Waals surface area contributed by atoms with Gasteiger partial charge in [-0.25, -0.2) is 13.1 Å². The molecule has 4 nitrogen and oxygen atoms in total. The predicted octanol–water partition coefficient (Wildman–Crippen LogP) is 3.34. The van der Waals surface area contributed by atoms with E-state index in [0.717, 1.165) is 11.1 Å². The molecule has 2 aromatic carbocycles. The van der Waals surface area contributed by atoms with Gasteiger partial charge in [0.15, 0.2) is 0 Å². The molecular weight excluding hydrogens is 310 g/mol. The monoisotopic (exact) mass is 333 g/mol. The van der Waals surface area contributed by atoms with Gasteiger partial charge < -0.3 is 4.74 Å². The standard InChI is InChI=1S/C18H23NO3S/c1-14(2)16-9-10-17(22-3)18(13-16)23(20,21)19-12-11-15-7-5-4-6-8-15/h4-10,13-14,19H,11-12H2,1-3H3. The van der Waals surface area contributed by atoms with Crippen LogP contribution in [0, 0.1) is 0 Å². The number of ether oxygens (including phenoxy) is 1. The Morgan fingerprint density at radius 3 is 2.39 bits per heavy atom. The molecule has 0 amide bonds. The normalized spacial score (nSPS) is 11.7. The number of methoxy groups -OCH3 is 1. The zero-order chi connectivity index (χ0) is 16.9. The average molecular weight is 333 g/mol. The van der Waals surface area contributed by atoms with E-state index in [0.29, 0.717) is 18.7 Å². The summed E-state index contributed by atoms with van der Waals surface area (Å²) >= 11 is 0. The summed E-state index contributed by atoms with van der Waals surface area (Å²) < 4.78 is 33.0. The zero-order valence-corrected chi connectivity index (χ0v) is 14.6. The Labute approximate surface area is 138 Å². The van der Waals surface area contributed by atoms with E-state index in [4.69, 9.17) is 4.74 Å². The predicted molar refractivity (Wildman–Crippen MR) is 92.4 cm³/mol. The molecule has 0 atom stereocenters. The SMILES string of the molecule is COc1ccc(C(C)C)cc1S(=O)(=O)NCCc1ccccc1. The molecule has 0 bridgehead atoms. The van der Waals surface area contributed by atoms with Crippen molar-refractivity contribution in [3.63, 3.8) is 0 Å². The van der Waals surface area contributed by atoms with Crippen molar-refractivity contribution in [2.75, 3.05) is 13.7 Å². The molecular formula is C18H23NO3S. The highest BCUT2D eigenvalue weighted by molar-refractivity contribution is 7.89. The Kier molecular flexibility index (Phi) is 5.80. The third-order valence-electron chi connectivity index (χ3n) is 3.69. The van der Waals surface area contributed by atoms with Crippen LogP contribution in [0.15, 0.2) is 53.4 Å². The third kappa shape index (κ3) is 4.56. The average Bonchev–Trinajstić information content (AvgIpc) is 2.55. The summed E-state index contributed by atoms with van der Waals surface area (Å²) in [7, 11) is -2.12. The summed E-state index contributed by atoms with van der Waals surface area (Å²) in [5, 5.41) is 0. The molecule has 0 aliphatic carbocycles. The lowest BCUT2D eigenvalue weighted by atomic mass is 10.0. The Bertz CT molecular complexity index is 740. The zero-order valence-electron chi connectivity index (χ0n) is 13.7. The smallest absolute Gasteiger partial charge is 0.244 e. The number of sulfonamides is 1. The second-order valence-corrected chi connectivity index (χ2v) is 7.43. The Morgan fingerprint density at radius 1 is 1.09 bits per heavy atom. The largest absolute Gasteiger partial charge is 0.495 e. The van der Waals surface area contributed by atoms with Crippen molar-refractivity contribution >= 4 is 10.0 Å².